The summed E-state index contributed by atoms with van der Waals surface area (Å²) in [5, 5.41) is 9.70. The fraction of sp³-hybridized carbons (Fsp3) is 0.500. The maximum Gasteiger partial charge on any atom is 0.140 e. The van der Waals surface area contributed by atoms with Gasteiger partial charge in [-0.3, -0.25) is 0 Å². The van der Waals surface area contributed by atoms with Gasteiger partial charge in [-0.15, -0.1) is 0 Å². The van der Waals surface area contributed by atoms with Crippen molar-refractivity contribution in [2.75, 3.05) is 18.1 Å². The number of aromatic nitrogens is 2. The third kappa shape index (κ3) is 3.61. The van der Waals surface area contributed by atoms with Gasteiger partial charge >= 0.3 is 0 Å². The van der Waals surface area contributed by atoms with Crippen LogP contribution >= 0.6 is 0 Å². The summed E-state index contributed by atoms with van der Waals surface area (Å²) < 4.78 is 5.81. The molecule has 1 N–H and O–H groups in total. The number of anilines is 1. The van der Waals surface area contributed by atoms with Gasteiger partial charge in [-0.25, -0.2) is 9.97 Å². The standard InChI is InChI=1S/C20H27N3O2/c1-13(2)25-17-7-8-18(14(3)10-17)19-15(4)21-12-22-20(19)23-9-5-6-16(23)11-24/h7-8,10,12-13,16,24H,5-6,9,11H2,1-4H3. The summed E-state index contributed by atoms with van der Waals surface area (Å²) in [6.07, 6.45) is 3.84. The molecular formula is C20H27N3O2. The van der Waals surface area contributed by atoms with Crippen LogP contribution in [-0.2, 0) is 0 Å². The molecule has 1 aliphatic heterocycles. The minimum atomic E-state index is 0.136. The first-order valence-electron chi connectivity index (χ1n) is 8.98. The second kappa shape index (κ2) is 7.40. The molecule has 0 radical (unpaired) electrons. The van der Waals surface area contributed by atoms with Crippen molar-refractivity contribution >= 4 is 5.82 Å². The summed E-state index contributed by atoms with van der Waals surface area (Å²) in [7, 11) is 0. The van der Waals surface area contributed by atoms with E-state index >= 15 is 0 Å². The molecule has 2 aromatic rings. The molecule has 1 aromatic carbocycles. The van der Waals surface area contributed by atoms with E-state index in [1.807, 2.05) is 26.8 Å². The fourth-order valence-corrected chi connectivity index (χ4v) is 3.56. The third-order valence-electron chi connectivity index (χ3n) is 4.72. The number of ether oxygens (including phenoxy) is 1. The molecule has 1 fully saturated rings. The van der Waals surface area contributed by atoms with Crippen LogP contribution in [0, 0.1) is 13.8 Å². The zero-order chi connectivity index (χ0) is 18.0. The van der Waals surface area contributed by atoms with Crippen molar-refractivity contribution in [3.05, 3.63) is 35.8 Å². The van der Waals surface area contributed by atoms with Crippen LogP contribution in [0.25, 0.3) is 11.1 Å². The SMILES string of the molecule is Cc1cc(OC(C)C)ccc1-c1c(C)ncnc1N1CCCC1CO. The quantitative estimate of drug-likeness (QED) is 0.902. The fourth-order valence-electron chi connectivity index (χ4n) is 3.56. The molecule has 5 heteroatoms. The Morgan fingerprint density at radius 2 is 2.08 bits per heavy atom. The molecule has 1 saturated heterocycles. The van der Waals surface area contributed by atoms with E-state index in [2.05, 4.69) is 33.9 Å². The van der Waals surface area contributed by atoms with Crippen molar-refractivity contribution in [2.45, 2.75) is 52.7 Å². The first kappa shape index (κ1) is 17.7. The van der Waals surface area contributed by atoms with Crippen LogP contribution in [0.15, 0.2) is 24.5 Å². The monoisotopic (exact) mass is 341 g/mol. The molecule has 0 saturated carbocycles. The van der Waals surface area contributed by atoms with Gasteiger partial charge in [-0.2, -0.15) is 0 Å². The molecule has 2 heterocycles. The Hall–Kier alpha value is -2.14. The molecule has 1 atom stereocenters. The van der Waals surface area contributed by atoms with Crippen molar-refractivity contribution in [3.8, 4) is 16.9 Å². The lowest BCUT2D eigenvalue weighted by Gasteiger charge is -2.27. The second-order valence-corrected chi connectivity index (χ2v) is 6.97. The Balaban J connectivity index is 2.05. The molecular weight excluding hydrogens is 314 g/mol. The van der Waals surface area contributed by atoms with Gasteiger partial charge in [0.25, 0.3) is 0 Å². The van der Waals surface area contributed by atoms with Crippen LogP contribution in [0.3, 0.4) is 0 Å². The highest BCUT2D eigenvalue weighted by molar-refractivity contribution is 5.80. The smallest absolute Gasteiger partial charge is 0.140 e. The van der Waals surface area contributed by atoms with Gasteiger partial charge in [0, 0.05) is 12.1 Å². The summed E-state index contributed by atoms with van der Waals surface area (Å²) in [5.74, 6) is 1.80. The molecule has 1 aliphatic rings. The van der Waals surface area contributed by atoms with Gasteiger partial charge in [-0.1, -0.05) is 6.07 Å². The van der Waals surface area contributed by atoms with Gasteiger partial charge in [0.1, 0.15) is 17.9 Å². The van der Waals surface area contributed by atoms with E-state index in [-0.39, 0.29) is 18.8 Å². The Kier molecular flexibility index (Phi) is 5.23. The van der Waals surface area contributed by atoms with E-state index in [0.717, 1.165) is 53.3 Å². The lowest BCUT2D eigenvalue weighted by molar-refractivity contribution is 0.242. The Morgan fingerprint density at radius 1 is 1.28 bits per heavy atom. The third-order valence-corrected chi connectivity index (χ3v) is 4.72. The van der Waals surface area contributed by atoms with Gasteiger partial charge in [-0.05, 0) is 63.8 Å². The van der Waals surface area contributed by atoms with E-state index in [1.165, 1.54) is 0 Å². The number of aliphatic hydroxyl groups excluding tert-OH is 1. The van der Waals surface area contributed by atoms with E-state index in [1.54, 1.807) is 6.33 Å². The van der Waals surface area contributed by atoms with Crippen LogP contribution in [0.2, 0.25) is 0 Å². The molecule has 0 aliphatic carbocycles. The zero-order valence-corrected chi connectivity index (χ0v) is 15.5. The maximum atomic E-state index is 9.70. The number of hydrogen-bond donors (Lipinski definition) is 1. The topological polar surface area (TPSA) is 58.5 Å². The molecule has 1 unspecified atom stereocenters. The normalized spacial score (nSPS) is 17.4. The number of hydrogen-bond acceptors (Lipinski definition) is 5. The highest BCUT2D eigenvalue weighted by atomic mass is 16.5. The first-order chi connectivity index (χ1) is 12.0. The predicted octanol–water partition coefficient (Wildman–Crippen LogP) is 3.51. The number of rotatable bonds is 5. The summed E-state index contributed by atoms with van der Waals surface area (Å²) in [6, 6.07) is 6.30. The predicted molar refractivity (Wildman–Crippen MR) is 100 cm³/mol. The minimum absolute atomic E-state index is 0.136. The molecule has 134 valence electrons. The number of aliphatic hydroxyl groups is 1. The Labute approximate surface area is 149 Å². The lowest BCUT2D eigenvalue weighted by Crippen LogP contribution is -2.33. The Bertz CT molecular complexity index is 746. The maximum absolute atomic E-state index is 9.70. The van der Waals surface area contributed by atoms with Crippen LogP contribution in [-0.4, -0.2) is 40.4 Å². The molecule has 0 amide bonds. The zero-order valence-electron chi connectivity index (χ0n) is 15.5. The van der Waals surface area contributed by atoms with Crippen LogP contribution < -0.4 is 9.64 Å². The van der Waals surface area contributed by atoms with Crippen molar-refractivity contribution < 1.29 is 9.84 Å². The van der Waals surface area contributed by atoms with E-state index in [9.17, 15) is 5.11 Å². The van der Waals surface area contributed by atoms with Gasteiger partial charge in [0.15, 0.2) is 0 Å². The highest BCUT2D eigenvalue weighted by Gasteiger charge is 2.28. The summed E-state index contributed by atoms with van der Waals surface area (Å²) >= 11 is 0. The van der Waals surface area contributed by atoms with Crippen molar-refractivity contribution in [3.63, 3.8) is 0 Å². The van der Waals surface area contributed by atoms with Crippen LogP contribution in [0.5, 0.6) is 5.75 Å². The lowest BCUT2D eigenvalue weighted by atomic mass is 9.98. The van der Waals surface area contributed by atoms with E-state index in [0.29, 0.717) is 0 Å². The average molecular weight is 341 g/mol. The molecule has 5 nitrogen and oxygen atoms in total. The summed E-state index contributed by atoms with van der Waals surface area (Å²) in [5.41, 5.74) is 4.26. The molecule has 3 rings (SSSR count). The van der Waals surface area contributed by atoms with Crippen LogP contribution in [0.4, 0.5) is 5.82 Å². The van der Waals surface area contributed by atoms with Gasteiger partial charge in [0.05, 0.1) is 24.4 Å². The molecule has 0 bridgehead atoms. The first-order valence-corrected chi connectivity index (χ1v) is 8.98. The van der Waals surface area contributed by atoms with E-state index < -0.39 is 0 Å². The minimum Gasteiger partial charge on any atom is -0.491 e. The molecule has 1 aromatic heterocycles. The molecule has 25 heavy (non-hydrogen) atoms. The van der Waals surface area contributed by atoms with Crippen LogP contribution in [0.1, 0.15) is 37.9 Å². The largest absolute Gasteiger partial charge is 0.491 e. The highest BCUT2D eigenvalue weighted by Crippen LogP contribution is 2.37. The van der Waals surface area contributed by atoms with E-state index in [4.69, 9.17) is 4.74 Å². The van der Waals surface area contributed by atoms with Crippen molar-refractivity contribution in [1.82, 2.24) is 9.97 Å². The summed E-state index contributed by atoms with van der Waals surface area (Å²) in [6.45, 7) is 9.23. The van der Waals surface area contributed by atoms with Gasteiger partial charge < -0.3 is 14.7 Å². The van der Waals surface area contributed by atoms with Crippen molar-refractivity contribution in [1.29, 1.82) is 0 Å². The second-order valence-electron chi connectivity index (χ2n) is 6.97. The number of nitrogens with zero attached hydrogens (tertiary/aromatic N) is 3. The van der Waals surface area contributed by atoms with Crippen molar-refractivity contribution in [2.24, 2.45) is 0 Å². The number of aryl methyl sites for hydroxylation is 2. The Morgan fingerprint density at radius 3 is 2.76 bits per heavy atom. The van der Waals surface area contributed by atoms with Gasteiger partial charge in [0.2, 0.25) is 0 Å². The molecule has 0 spiro atoms. The average Bonchev–Trinajstić information content (AvgIpc) is 3.03. The number of benzene rings is 1. The summed E-state index contributed by atoms with van der Waals surface area (Å²) in [4.78, 5) is 11.2.